The van der Waals surface area contributed by atoms with Gasteiger partial charge in [0, 0.05) is 25.5 Å². The van der Waals surface area contributed by atoms with Crippen LogP contribution in [0.4, 0.5) is 5.69 Å². The Morgan fingerprint density at radius 2 is 2.24 bits per heavy atom. The second-order valence-electron chi connectivity index (χ2n) is 3.72. The molecule has 88 valence electrons. The van der Waals surface area contributed by atoms with E-state index in [0.29, 0.717) is 12.1 Å². The molecule has 0 bridgehead atoms. The molecule has 3 N–H and O–H groups in total. The Morgan fingerprint density at radius 1 is 1.47 bits per heavy atom. The molecule has 1 aromatic carbocycles. The molecule has 5 heteroatoms. The Hall–Kier alpha value is -2.14. The van der Waals surface area contributed by atoms with E-state index in [0.717, 1.165) is 11.3 Å². The van der Waals surface area contributed by atoms with E-state index in [4.69, 9.17) is 5.73 Å². The Balaban J connectivity index is 2.18. The smallest absolute Gasteiger partial charge is 0.258 e. The molecule has 0 saturated heterocycles. The minimum atomic E-state index is -0.181. The number of amides is 1. The number of aryl methyl sites for hydroxylation is 1. The average Bonchev–Trinajstić information content (AvgIpc) is 2.77. The van der Waals surface area contributed by atoms with Gasteiger partial charge in [-0.3, -0.25) is 9.48 Å². The number of nitrogens with zero attached hydrogens (tertiary/aromatic N) is 2. The van der Waals surface area contributed by atoms with Crippen LogP contribution in [-0.4, -0.2) is 15.7 Å². The quantitative estimate of drug-likeness (QED) is 0.830. The fraction of sp³-hybridized carbons (Fsp3) is 0.167. The number of hydrogen-bond acceptors (Lipinski definition) is 3. The van der Waals surface area contributed by atoms with Gasteiger partial charge in [0.1, 0.15) is 0 Å². The summed E-state index contributed by atoms with van der Waals surface area (Å²) in [4.78, 5) is 11.9. The van der Waals surface area contributed by atoms with Crippen LogP contribution in [-0.2, 0) is 13.6 Å². The zero-order valence-corrected chi connectivity index (χ0v) is 9.55. The summed E-state index contributed by atoms with van der Waals surface area (Å²) in [6, 6.07) is 7.47. The number of hydrogen-bond donors (Lipinski definition) is 2. The standard InChI is InChI=1S/C12H14N4O/c1-16-8-10(7-14-16)12(17)15-11-5-3-2-4-9(11)6-13/h2-5,7-8H,6,13H2,1H3,(H,15,17). The van der Waals surface area contributed by atoms with Crippen molar-refractivity contribution in [3.63, 3.8) is 0 Å². The first-order valence-electron chi connectivity index (χ1n) is 5.28. The lowest BCUT2D eigenvalue weighted by Crippen LogP contribution is -2.13. The van der Waals surface area contributed by atoms with E-state index in [-0.39, 0.29) is 5.91 Å². The molecule has 0 spiro atoms. The second kappa shape index (κ2) is 4.80. The summed E-state index contributed by atoms with van der Waals surface area (Å²) in [6.45, 7) is 0.392. The predicted molar refractivity (Wildman–Crippen MR) is 65.5 cm³/mol. The van der Waals surface area contributed by atoms with Crippen molar-refractivity contribution < 1.29 is 4.79 Å². The fourth-order valence-electron chi connectivity index (χ4n) is 1.55. The minimum absolute atomic E-state index is 0.181. The van der Waals surface area contributed by atoms with Gasteiger partial charge in [-0.2, -0.15) is 5.10 Å². The van der Waals surface area contributed by atoms with E-state index >= 15 is 0 Å². The van der Waals surface area contributed by atoms with Crippen LogP contribution >= 0.6 is 0 Å². The first-order valence-corrected chi connectivity index (χ1v) is 5.28. The highest BCUT2D eigenvalue weighted by atomic mass is 16.1. The molecule has 2 aromatic rings. The van der Waals surface area contributed by atoms with Crippen molar-refractivity contribution in [2.45, 2.75) is 6.54 Å². The maximum atomic E-state index is 11.9. The summed E-state index contributed by atoms with van der Waals surface area (Å²) in [5.41, 5.74) is 7.78. The van der Waals surface area contributed by atoms with Gasteiger partial charge >= 0.3 is 0 Å². The summed E-state index contributed by atoms with van der Waals surface area (Å²) in [6.07, 6.45) is 3.20. The van der Waals surface area contributed by atoms with Gasteiger partial charge in [-0.05, 0) is 11.6 Å². The molecule has 0 unspecified atom stereocenters. The second-order valence-corrected chi connectivity index (χ2v) is 3.72. The third-order valence-corrected chi connectivity index (χ3v) is 2.45. The van der Waals surface area contributed by atoms with E-state index in [1.807, 2.05) is 24.3 Å². The van der Waals surface area contributed by atoms with E-state index in [2.05, 4.69) is 10.4 Å². The highest BCUT2D eigenvalue weighted by Gasteiger charge is 2.09. The van der Waals surface area contributed by atoms with Crippen LogP contribution in [0.3, 0.4) is 0 Å². The summed E-state index contributed by atoms with van der Waals surface area (Å²) >= 11 is 0. The Morgan fingerprint density at radius 3 is 2.88 bits per heavy atom. The van der Waals surface area contributed by atoms with Crippen LogP contribution < -0.4 is 11.1 Å². The molecule has 0 atom stereocenters. The number of rotatable bonds is 3. The van der Waals surface area contributed by atoms with Crippen LogP contribution in [0, 0.1) is 0 Å². The molecule has 0 saturated carbocycles. The predicted octanol–water partition coefficient (Wildman–Crippen LogP) is 1.13. The summed E-state index contributed by atoms with van der Waals surface area (Å²) in [5.74, 6) is -0.181. The number of nitrogens with two attached hydrogens (primary N) is 1. The normalized spacial score (nSPS) is 10.2. The van der Waals surface area contributed by atoms with Gasteiger partial charge in [-0.25, -0.2) is 0 Å². The Kier molecular flexibility index (Phi) is 3.20. The minimum Gasteiger partial charge on any atom is -0.326 e. The monoisotopic (exact) mass is 230 g/mol. The molecule has 0 aliphatic rings. The zero-order chi connectivity index (χ0) is 12.3. The molecule has 0 fully saturated rings. The van der Waals surface area contributed by atoms with Crippen LogP contribution in [0.5, 0.6) is 0 Å². The van der Waals surface area contributed by atoms with E-state index in [1.165, 1.54) is 6.20 Å². The lowest BCUT2D eigenvalue weighted by atomic mass is 10.1. The molecule has 0 aliphatic carbocycles. The van der Waals surface area contributed by atoms with Gasteiger partial charge in [-0.1, -0.05) is 18.2 Å². The molecule has 5 nitrogen and oxygen atoms in total. The highest BCUT2D eigenvalue weighted by molar-refractivity contribution is 6.04. The molecule has 0 radical (unpaired) electrons. The summed E-state index contributed by atoms with van der Waals surface area (Å²) in [5, 5.41) is 6.77. The number of anilines is 1. The van der Waals surface area contributed by atoms with Gasteiger partial charge in [0.05, 0.1) is 11.8 Å². The third kappa shape index (κ3) is 2.51. The molecule has 0 aliphatic heterocycles. The van der Waals surface area contributed by atoms with Gasteiger partial charge in [-0.15, -0.1) is 0 Å². The van der Waals surface area contributed by atoms with Crippen LogP contribution in [0.15, 0.2) is 36.7 Å². The van der Waals surface area contributed by atoms with Gasteiger partial charge in [0.2, 0.25) is 0 Å². The number of carbonyl (C=O) groups excluding carboxylic acids is 1. The van der Waals surface area contributed by atoms with Gasteiger partial charge in [0.15, 0.2) is 0 Å². The van der Waals surface area contributed by atoms with Crippen molar-refractivity contribution in [1.82, 2.24) is 9.78 Å². The van der Waals surface area contributed by atoms with Crippen LogP contribution in [0.2, 0.25) is 0 Å². The molecule has 1 amide bonds. The van der Waals surface area contributed by atoms with Crippen molar-refractivity contribution in [3.8, 4) is 0 Å². The molecule has 1 aromatic heterocycles. The zero-order valence-electron chi connectivity index (χ0n) is 9.55. The topological polar surface area (TPSA) is 72.9 Å². The van der Waals surface area contributed by atoms with Gasteiger partial charge in [0.25, 0.3) is 5.91 Å². The summed E-state index contributed by atoms with van der Waals surface area (Å²) in [7, 11) is 1.77. The van der Waals surface area contributed by atoms with Crippen molar-refractivity contribution in [2.75, 3.05) is 5.32 Å². The first-order chi connectivity index (χ1) is 8.20. The van der Waals surface area contributed by atoms with Crippen molar-refractivity contribution in [2.24, 2.45) is 12.8 Å². The maximum Gasteiger partial charge on any atom is 0.258 e. The van der Waals surface area contributed by atoms with Crippen molar-refractivity contribution >= 4 is 11.6 Å². The van der Waals surface area contributed by atoms with Crippen molar-refractivity contribution in [1.29, 1.82) is 0 Å². The molecule has 1 heterocycles. The van der Waals surface area contributed by atoms with Crippen molar-refractivity contribution in [3.05, 3.63) is 47.8 Å². The Bertz CT molecular complexity index is 533. The van der Waals surface area contributed by atoms with E-state index in [9.17, 15) is 4.79 Å². The average molecular weight is 230 g/mol. The lowest BCUT2D eigenvalue weighted by Gasteiger charge is -2.08. The highest BCUT2D eigenvalue weighted by Crippen LogP contribution is 2.15. The largest absolute Gasteiger partial charge is 0.326 e. The summed E-state index contributed by atoms with van der Waals surface area (Å²) < 4.78 is 1.59. The molecule has 17 heavy (non-hydrogen) atoms. The lowest BCUT2D eigenvalue weighted by molar-refractivity contribution is 0.102. The maximum absolute atomic E-state index is 11.9. The number of para-hydroxylation sites is 1. The van der Waals surface area contributed by atoms with Crippen LogP contribution in [0.25, 0.3) is 0 Å². The molecular weight excluding hydrogens is 216 g/mol. The first kappa shape index (κ1) is 11.3. The third-order valence-electron chi connectivity index (χ3n) is 2.45. The van der Waals surface area contributed by atoms with E-state index < -0.39 is 0 Å². The molecular formula is C12H14N4O. The SMILES string of the molecule is Cn1cc(C(=O)Nc2ccccc2CN)cn1. The number of nitrogens with one attached hydrogen (secondary N) is 1. The van der Waals surface area contributed by atoms with Gasteiger partial charge < -0.3 is 11.1 Å². The number of benzene rings is 1. The Labute approximate surface area is 99.2 Å². The number of carbonyl (C=O) groups is 1. The number of aromatic nitrogens is 2. The van der Waals surface area contributed by atoms with E-state index in [1.54, 1.807) is 17.9 Å². The molecule has 2 rings (SSSR count). The van der Waals surface area contributed by atoms with Crippen LogP contribution in [0.1, 0.15) is 15.9 Å². The fourth-order valence-corrected chi connectivity index (χ4v) is 1.55.